The highest BCUT2D eigenvalue weighted by Gasteiger charge is 2.38. The van der Waals surface area contributed by atoms with Crippen molar-refractivity contribution in [1.82, 2.24) is 5.32 Å². The van der Waals surface area contributed by atoms with Crippen molar-refractivity contribution in [3.05, 3.63) is 70.5 Å². The second kappa shape index (κ2) is 9.72. The number of nitrogens with one attached hydrogen (secondary N) is 1. The number of alkyl halides is 6. The molecular weight excluding hydrogens is 455 g/mol. The third-order valence-corrected chi connectivity index (χ3v) is 4.67. The zero-order chi connectivity index (χ0) is 22.1. The highest BCUT2D eigenvalue weighted by Crippen LogP contribution is 2.38. The number of hydrogen-bond acceptors (Lipinski definition) is 3. The average Bonchev–Trinajstić information content (AvgIpc) is 2.67. The normalized spacial score (nSPS) is 20.8. The first-order chi connectivity index (χ1) is 13.9. The summed E-state index contributed by atoms with van der Waals surface area (Å²) in [5.74, 6) is -0.454. The van der Waals surface area contributed by atoms with Gasteiger partial charge in [-0.15, -0.1) is 12.4 Å². The predicted molar refractivity (Wildman–Crippen MR) is 100 cm³/mol. The lowest BCUT2D eigenvalue weighted by Crippen LogP contribution is -2.43. The molecule has 3 rings (SSSR count). The van der Waals surface area contributed by atoms with Crippen LogP contribution in [0.1, 0.15) is 41.3 Å². The van der Waals surface area contributed by atoms with Gasteiger partial charge in [-0.25, -0.2) is 4.39 Å². The first-order valence-electron chi connectivity index (χ1n) is 9.00. The molecule has 0 radical (unpaired) electrons. The van der Waals surface area contributed by atoms with Crippen molar-refractivity contribution in [3.63, 3.8) is 0 Å². The largest absolute Gasteiger partial charge is 0.416 e. The summed E-state index contributed by atoms with van der Waals surface area (Å²) in [5.41, 5.74) is -2.52. The van der Waals surface area contributed by atoms with Crippen molar-refractivity contribution in [2.45, 2.75) is 37.7 Å². The van der Waals surface area contributed by atoms with Gasteiger partial charge in [0.2, 0.25) is 0 Å². The number of hydrogen-bond donors (Lipinski definition) is 1. The minimum atomic E-state index is -4.95. The number of ether oxygens (including phenoxy) is 2. The Bertz CT molecular complexity index is 839. The van der Waals surface area contributed by atoms with Crippen LogP contribution < -0.4 is 5.32 Å². The van der Waals surface area contributed by atoms with Gasteiger partial charge in [-0.1, -0.05) is 12.1 Å². The molecule has 31 heavy (non-hydrogen) atoms. The topological polar surface area (TPSA) is 30.5 Å². The minimum Gasteiger partial charge on any atom is -0.349 e. The van der Waals surface area contributed by atoms with Crippen LogP contribution in [0, 0.1) is 5.82 Å². The molecule has 2 aromatic carbocycles. The molecule has 1 aliphatic rings. The van der Waals surface area contributed by atoms with Gasteiger partial charge < -0.3 is 14.8 Å². The van der Waals surface area contributed by atoms with E-state index in [9.17, 15) is 30.7 Å². The molecule has 0 aliphatic carbocycles. The maximum atomic E-state index is 13.2. The van der Waals surface area contributed by atoms with Crippen LogP contribution in [0.5, 0.6) is 0 Å². The van der Waals surface area contributed by atoms with Crippen LogP contribution in [0.25, 0.3) is 0 Å². The van der Waals surface area contributed by atoms with Gasteiger partial charge in [0.25, 0.3) is 0 Å². The van der Waals surface area contributed by atoms with Crippen molar-refractivity contribution >= 4 is 12.4 Å². The standard InChI is InChI=1S/C20H18F7NO2.ClH/c1-11(13-8-14(19(22,23)24)10-15(9-13)20(25,26)27)30-18-17(28-6-7-29-18)12-2-4-16(21)5-3-12;/h2-5,8-11,17-18,28H,6-7H2,1H3;1H/t11-,17?,18-;/m1./s1. The molecule has 0 bridgehead atoms. The summed E-state index contributed by atoms with van der Waals surface area (Å²) in [6.07, 6.45) is -12.0. The fraction of sp³-hybridized carbons (Fsp3) is 0.400. The highest BCUT2D eigenvalue weighted by atomic mass is 35.5. The van der Waals surface area contributed by atoms with Gasteiger partial charge in [-0.2, -0.15) is 26.3 Å². The summed E-state index contributed by atoms with van der Waals surface area (Å²) in [5, 5.41) is 3.10. The molecule has 0 amide bonds. The third kappa shape index (κ3) is 6.31. The molecule has 2 aromatic rings. The Balaban J connectivity index is 0.00000341. The summed E-state index contributed by atoms with van der Waals surface area (Å²) in [4.78, 5) is 0. The van der Waals surface area contributed by atoms with Gasteiger partial charge in [0.15, 0.2) is 6.29 Å². The van der Waals surface area contributed by atoms with E-state index < -0.39 is 47.7 Å². The van der Waals surface area contributed by atoms with Crippen molar-refractivity contribution < 1.29 is 40.2 Å². The molecule has 3 atom stereocenters. The summed E-state index contributed by atoms with van der Waals surface area (Å²) in [6.45, 7) is 2.01. The van der Waals surface area contributed by atoms with E-state index in [-0.39, 0.29) is 30.6 Å². The van der Waals surface area contributed by atoms with E-state index in [1.807, 2.05) is 0 Å². The van der Waals surface area contributed by atoms with Crippen molar-refractivity contribution in [2.75, 3.05) is 13.2 Å². The molecule has 1 fully saturated rings. The van der Waals surface area contributed by atoms with E-state index in [0.717, 1.165) is 0 Å². The number of rotatable bonds is 4. The molecule has 3 nitrogen and oxygen atoms in total. The highest BCUT2D eigenvalue weighted by molar-refractivity contribution is 5.85. The Hall–Kier alpha value is -1.88. The summed E-state index contributed by atoms with van der Waals surface area (Å²) in [7, 11) is 0. The van der Waals surface area contributed by atoms with Gasteiger partial charge in [0.05, 0.1) is 29.9 Å². The molecule has 1 unspecified atom stereocenters. The van der Waals surface area contributed by atoms with Crippen LogP contribution in [0.2, 0.25) is 0 Å². The van der Waals surface area contributed by atoms with E-state index in [2.05, 4.69) is 5.32 Å². The van der Waals surface area contributed by atoms with E-state index >= 15 is 0 Å². The van der Waals surface area contributed by atoms with Crippen LogP contribution in [0.4, 0.5) is 30.7 Å². The maximum Gasteiger partial charge on any atom is 0.416 e. The molecule has 0 aromatic heterocycles. The zero-order valence-corrected chi connectivity index (χ0v) is 16.9. The average molecular weight is 474 g/mol. The molecule has 11 heteroatoms. The SMILES string of the molecule is C[C@@H](O[C@H]1OCCNC1c1ccc(F)cc1)c1cc(C(F)(F)F)cc(C(F)(F)F)c1.Cl. The Kier molecular flexibility index (Phi) is 7.96. The van der Waals surface area contributed by atoms with Gasteiger partial charge >= 0.3 is 12.4 Å². The lowest BCUT2D eigenvalue weighted by molar-refractivity contribution is -0.200. The van der Waals surface area contributed by atoms with Gasteiger partial charge in [0, 0.05) is 6.54 Å². The zero-order valence-electron chi connectivity index (χ0n) is 16.1. The predicted octanol–water partition coefficient (Wildman–Crippen LogP) is 6.05. The Morgan fingerprint density at radius 1 is 0.968 bits per heavy atom. The molecule has 0 saturated carbocycles. The molecule has 1 saturated heterocycles. The van der Waals surface area contributed by atoms with E-state index in [0.29, 0.717) is 24.2 Å². The second-order valence-electron chi connectivity index (χ2n) is 6.84. The van der Waals surface area contributed by atoms with Crippen molar-refractivity contribution in [3.8, 4) is 0 Å². The molecule has 1 aliphatic heterocycles. The first-order valence-corrected chi connectivity index (χ1v) is 9.00. The van der Waals surface area contributed by atoms with Crippen molar-refractivity contribution in [1.29, 1.82) is 0 Å². The first kappa shape index (κ1) is 25.4. The van der Waals surface area contributed by atoms with Crippen LogP contribution >= 0.6 is 12.4 Å². The fourth-order valence-corrected chi connectivity index (χ4v) is 3.14. The van der Waals surface area contributed by atoms with Gasteiger partial charge in [0.1, 0.15) is 5.82 Å². The van der Waals surface area contributed by atoms with Crippen molar-refractivity contribution in [2.24, 2.45) is 0 Å². The maximum absolute atomic E-state index is 13.2. The summed E-state index contributed by atoms with van der Waals surface area (Å²) in [6, 6.07) is 6.20. The molecule has 1 heterocycles. The van der Waals surface area contributed by atoms with Gasteiger partial charge in [-0.05, 0) is 48.4 Å². The quantitative estimate of drug-likeness (QED) is 0.548. The lowest BCUT2D eigenvalue weighted by atomic mass is 10.0. The molecule has 0 spiro atoms. The number of benzene rings is 2. The van der Waals surface area contributed by atoms with Crippen LogP contribution in [0.3, 0.4) is 0 Å². The van der Waals surface area contributed by atoms with Gasteiger partial charge in [-0.3, -0.25) is 0 Å². The van der Waals surface area contributed by atoms with Crippen LogP contribution in [-0.4, -0.2) is 19.4 Å². The van der Waals surface area contributed by atoms with E-state index in [4.69, 9.17) is 9.47 Å². The molecular formula is C20H19ClF7NO2. The van der Waals surface area contributed by atoms with E-state index in [1.54, 1.807) is 0 Å². The van der Waals surface area contributed by atoms with E-state index in [1.165, 1.54) is 31.2 Å². The minimum absolute atomic E-state index is 0. The number of halogens is 8. The second-order valence-corrected chi connectivity index (χ2v) is 6.84. The fourth-order valence-electron chi connectivity index (χ4n) is 3.14. The summed E-state index contributed by atoms with van der Waals surface area (Å²) < 4.78 is 103. The Morgan fingerprint density at radius 2 is 1.52 bits per heavy atom. The summed E-state index contributed by atoms with van der Waals surface area (Å²) >= 11 is 0. The smallest absolute Gasteiger partial charge is 0.349 e. The molecule has 1 N–H and O–H groups in total. The Morgan fingerprint density at radius 3 is 2.03 bits per heavy atom. The van der Waals surface area contributed by atoms with Crippen LogP contribution in [0.15, 0.2) is 42.5 Å². The lowest BCUT2D eigenvalue weighted by Gasteiger charge is -2.34. The van der Waals surface area contributed by atoms with Crippen LogP contribution in [-0.2, 0) is 21.8 Å². The number of morpholine rings is 1. The monoisotopic (exact) mass is 473 g/mol. The Labute approximate surface area is 179 Å². The molecule has 172 valence electrons. The third-order valence-electron chi connectivity index (χ3n) is 4.67.